The van der Waals surface area contributed by atoms with Gasteiger partial charge in [-0.1, -0.05) is 0 Å². The molecule has 1 aliphatic heterocycles. The van der Waals surface area contributed by atoms with Crippen molar-refractivity contribution in [2.75, 3.05) is 18.5 Å². The number of pyridine rings is 1. The fourth-order valence-electron chi connectivity index (χ4n) is 1.46. The number of aromatic nitrogens is 1. The second kappa shape index (κ2) is 4.40. The first-order valence-electron chi connectivity index (χ1n) is 5.04. The maximum atomic E-state index is 11.5. The first-order chi connectivity index (χ1) is 7.24. The molecule has 4 nitrogen and oxygen atoms in total. The molecule has 1 aromatic rings. The average molecular weight is 206 g/mol. The molecule has 1 saturated heterocycles. The Hall–Kier alpha value is -1.42. The van der Waals surface area contributed by atoms with Crippen LogP contribution in [0.4, 0.5) is 5.82 Å². The van der Waals surface area contributed by atoms with Gasteiger partial charge in [0.1, 0.15) is 5.82 Å². The van der Waals surface area contributed by atoms with Gasteiger partial charge in [-0.2, -0.15) is 0 Å². The summed E-state index contributed by atoms with van der Waals surface area (Å²) in [4.78, 5) is 15.6. The Bertz CT molecular complexity index is 361. The van der Waals surface area contributed by atoms with Crippen molar-refractivity contribution in [3.05, 3.63) is 23.9 Å². The minimum absolute atomic E-state index is 0.0152. The minimum Gasteiger partial charge on any atom is -0.381 e. The van der Waals surface area contributed by atoms with Gasteiger partial charge in [-0.3, -0.25) is 4.79 Å². The van der Waals surface area contributed by atoms with Crippen LogP contribution in [0.3, 0.4) is 0 Å². The van der Waals surface area contributed by atoms with Gasteiger partial charge in [0.15, 0.2) is 0 Å². The van der Waals surface area contributed by atoms with Crippen molar-refractivity contribution >= 4 is 11.7 Å². The molecule has 15 heavy (non-hydrogen) atoms. The molecule has 2 heterocycles. The minimum atomic E-state index is 0.0152. The van der Waals surface area contributed by atoms with E-state index in [2.05, 4.69) is 10.3 Å². The Morgan fingerprint density at radius 2 is 2.47 bits per heavy atom. The monoisotopic (exact) mass is 206 g/mol. The van der Waals surface area contributed by atoms with Gasteiger partial charge >= 0.3 is 0 Å². The number of carbonyl (C=O) groups excluding carboxylic acids is 1. The van der Waals surface area contributed by atoms with Gasteiger partial charge in [-0.25, -0.2) is 4.98 Å². The summed E-state index contributed by atoms with van der Waals surface area (Å²) in [7, 11) is 0. The quantitative estimate of drug-likeness (QED) is 0.812. The van der Waals surface area contributed by atoms with E-state index in [0.29, 0.717) is 31.4 Å². The Kier molecular flexibility index (Phi) is 2.97. The molecule has 80 valence electrons. The molecule has 0 saturated carbocycles. The number of nitrogens with one attached hydrogen (secondary N) is 1. The Morgan fingerprint density at radius 1 is 1.67 bits per heavy atom. The summed E-state index contributed by atoms with van der Waals surface area (Å²) in [5.74, 6) is 1.02. The standard InChI is InChI=1S/C11H14N2O2/c1-8-2-3-12-10(4-8)13-11(14)5-9-6-15-7-9/h2-4,9H,5-7H2,1H3,(H,12,13,14). The molecule has 0 bridgehead atoms. The molecule has 0 spiro atoms. The summed E-state index contributed by atoms with van der Waals surface area (Å²) < 4.78 is 5.01. The van der Waals surface area contributed by atoms with E-state index < -0.39 is 0 Å². The lowest BCUT2D eigenvalue weighted by Crippen LogP contribution is -2.31. The third kappa shape index (κ3) is 2.76. The van der Waals surface area contributed by atoms with Gasteiger partial charge in [0, 0.05) is 18.5 Å². The second-order valence-electron chi connectivity index (χ2n) is 3.87. The zero-order chi connectivity index (χ0) is 10.7. The lowest BCUT2D eigenvalue weighted by atomic mass is 10.0. The number of aryl methyl sites for hydroxylation is 1. The van der Waals surface area contributed by atoms with E-state index in [-0.39, 0.29) is 5.91 Å². The molecule has 4 heteroatoms. The van der Waals surface area contributed by atoms with Crippen LogP contribution in [0.25, 0.3) is 0 Å². The molecule has 0 aliphatic carbocycles. The number of anilines is 1. The molecular weight excluding hydrogens is 192 g/mol. The predicted molar refractivity (Wildman–Crippen MR) is 56.5 cm³/mol. The lowest BCUT2D eigenvalue weighted by molar-refractivity contribution is -0.121. The van der Waals surface area contributed by atoms with Crippen molar-refractivity contribution in [2.45, 2.75) is 13.3 Å². The van der Waals surface area contributed by atoms with E-state index in [1.807, 2.05) is 19.1 Å². The van der Waals surface area contributed by atoms with Crippen LogP contribution >= 0.6 is 0 Å². The van der Waals surface area contributed by atoms with Crippen molar-refractivity contribution in [1.82, 2.24) is 4.98 Å². The molecule has 2 rings (SSSR count). The van der Waals surface area contributed by atoms with Crippen molar-refractivity contribution in [1.29, 1.82) is 0 Å². The highest BCUT2D eigenvalue weighted by atomic mass is 16.5. The fraction of sp³-hybridized carbons (Fsp3) is 0.455. The Balaban J connectivity index is 1.87. The highest BCUT2D eigenvalue weighted by Gasteiger charge is 2.21. The smallest absolute Gasteiger partial charge is 0.225 e. The van der Waals surface area contributed by atoms with Crippen LogP contribution in [0.2, 0.25) is 0 Å². The van der Waals surface area contributed by atoms with Crippen LogP contribution in [0, 0.1) is 12.8 Å². The molecule has 1 aromatic heterocycles. The lowest BCUT2D eigenvalue weighted by Gasteiger charge is -2.24. The predicted octanol–water partition coefficient (Wildman–Crippen LogP) is 1.37. The third-order valence-corrected chi connectivity index (χ3v) is 2.36. The van der Waals surface area contributed by atoms with Crippen molar-refractivity contribution in [2.24, 2.45) is 5.92 Å². The van der Waals surface area contributed by atoms with E-state index in [1.54, 1.807) is 6.20 Å². The molecule has 1 aliphatic rings. The molecule has 0 aromatic carbocycles. The number of hydrogen-bond donors (Lipinski definition) is 1. The van der Waals surface area contributed by atoms with Crippen LogP contribution in [0.5, 0.6) is 0 Å². The number of nitrogens with zero attached hydrogens (tertiary/aromatic N) is 1. The number of ether oxygens (including phenoxy) is 1. The Morgan fingerprint density at radius 3 is 3.07 bits per heavy atom. The number of amides is 1. The molecule has 0 unspecified atom stereocenters. The topological polar surface area (TPSA) is 51.2 Å². The molecule has 1 amide bonds. The number of hydrogen-bond acceptors (Lipinski definition) is 3. The third-order valence-electron chi connectivity index (χ3n) is 2.36. The largest absolute Gasteiger partial charge is 0.381 e. The first-order valence-corrected chi connectivity index (χ1v) is 5.04. The van der Waals surface area contributed by atoms with Crippen LogP contribution in [0.15, 0.2) is 18.3 Å². The molecule has 0 radical (unpaired) electrons. The summed E-state index contributed by atoms with van der Waals surface area (Å²) in [6.45, 7) is 3.38. The van der Waals surface area contributed by atoms with Gasteiger partial charge in [-0.15, -0.1) is 0 Å². The van der Waals surface area contributed by atoms with Gasteiger partial charge in [0.25, 0.3) is 0 Å². The fourth-order valence-corrected chi connectivity index (χ4v) is 1.46. The highest BCUT2D eigenvalue weighted by Crippen LogP contribution is 2.15. The van der Waals surface area contributed by atoms with Crippen LogP contribution in [0.1, 0.15) is 12.0 Å². The van der Waals surface area contributed by atoms with E-state index >= 15 is 0 Å². The maximum Gasteiger partial charge on any atom is 0.225 e. The molecule has 1 N–H and O–H groups in total. The molecule has 1 fully saturated rings. The van der Waals surface area contributed by atoms with Gasteiger partial charge in [0.2, 0.25) is 5.91 Å². The van der Waals surface area contributed by atoms with E-state index in [0.717, 1.165) is 5.56 Å². The normalized spacial score (nSPS) is 15.8. The highest BCUT2D eigenvalue weighted by molar-refractivity contribution is 5.89. The molecular formula is C11H14N2O2. The van der Waals surface area contributed by atoms with E-state index in [4.69, 9.17) is 4.74 Å². The van der Waals surface area contributed by atoms with Crippen molar-refractivity contribution in [3.63, 3.8) is 0 Å². The molecule has 0 atom stereocenters. The Labute approximate surface area is 88.7 Å². The van der Waals surface area contributed by atoms with Crippen LogP contribution in [-0.2, 0) is 9.53 Å². The van der Waals surface area contributed by atoms with Crippen LogP contribution in [-0.4, -0.2) is 24.1 Å². The van der Waals surface area contributed by atoms with E-state index in [9.17, 15) is 4.79 Å². The second-order valence-corrected chi connectivity index (χ2v) is 3.87. The van der Waals surface area contributed by atoms with Crippen LogP contribution < -0.4 is 5.32 Å². The number of carbonyl (C=O) groups is 1. The summed E-state index contributed by atoms with van der Waals surface area (Å²) >= 11 is 0. The van der Waals surface area contributed by atoms with E-state index in [1.165, 1.54) is 0 Å². The average Bonchev–Trinajstić information content (AvgIpc) is 2.11. The summed E-state index contributed by atoms with van der Waals surface area (Å²) in [5.41, 5.74) is 1.09. The van der Waals surface area contributed by atoms with Crippen molar-refractivity contribution < 1.29 is 9.53 Å². The SMILES string of the molecule is Cc1ccnc(NC(=O)CC2COC2)c1. The van der Waals surface area contributed by atoms with Gasteiger partial charge < -0.3 is 10.1 Å². The maximum absolute atomic E-state index is 11.5. The zero-order valence-electron chi connectivity index (χ0n) is 8.69. The van der Waals surface area contributed by atoms with Gasteiger partial charge in [0.05, 0.1) is 13.2 Å². The number of rotatable bonds is 3. The van der Waals surface area contributed by atoms with Crippen molar-refractivity contribution in [3.8, 4) is 0 Å². The first kappa shape index (κ1) is 10.1. The zero-order valence-corrected chi connectivity index (χ0v) is 8.69. The summed E-state index contributed by atoms with van der Waals surface area (Å²) in [6, 6.07) is 3.75. The van der Waals surface area contributed by atoms with Gasteiger partial charge in [-0.05, 0) is 24.6 Å². The summed E-state index contributed by atoms with van der Waals surface area (Å²) in [6.07, 6.45) is 2.22. The summed E-state index contributed by atoms with van der Waals surface area (Å²) in [5, 5.41) is 2.78.